The number of aromatic nitrogens is 4. The Hall–Kier alpha value is -3.17. The SMILES string of the molecule is Cc1ccc(-c2noc(CN3CCN(C(C)c4nc5ccccc5n4C(F)F)CC3)n2)cc1. The molecule has 1 fully saturated rings. The van der Waals surface area contributed by atoms with E-state index >= 15 is 0 Å². The maximum Gasteiger partial charge on any atom is 0.320 e. The second-order valence-corrected chi connectivity index (χ2v) is 8.47. The van der Waals surface area contributed by atoms with E-state index in [0.717, 1.165) is 36.3 Å². The van der Waals surface area contributed by atoms with E-state index in [4.69, 9.17) is 4.52 Å². The largest absolute Gasteiger partial charge is 0.338 e. The molecular weight excluding hydrogens is 426 g/mol. The number of benzene rings is 2. The minimum Gasteiger partial charge on any atom is -0.338 e. The second-order valence-electron chi connectivity index (χ2n) is 8.47. The van der Waals surface area contributed by atoms with E-state index < -0.39 is 6.55 Å². The van der Waals surface area contributed by atoms with Gasteiger partial charge in [-0.3, -0.25) is 14.4 Å². The quantitative estimate of drug-likeness (QED) is 0.424. The zero-order valence-corrected chi connectivity index (χ0v) is 18.7. The molecule has 5 rings (SSSR count). The number of alkyl halides is 2. The molecule has 2 aromatic heterocycles. The van der Waals surface area contributed by atoms with E-state index in [9.17, 15) is 8.78 Å². The number of rotatable bonds is 6. The van der Waals surface area contributed by atoms with Crippen LogP contribution in [0.1, 0.15) is 36.8 Å². The zero-order chi connectivity index (χ0) is 22.9. The lowest BCUT2D eigenvalue weighted by molar-refractivity contribution is 0.0544. The van der Waals surface area contributed by atoms with Gasteiger partial charge >= 0.3 is 6.55 Å². The van der Waals surface area contributed by atoms with Crippen LogP contribution in [0.4, 0.5) is 8.78 Å². The van der Waals surface area contributed by atoms with Crippen molar-refractivity contribution in [2.75, 3.05) is 26.2 Å². The molecule has 33 heavy (non-hydrogen) atoms. The predicted octanol–water partition coefficient (Wildman–Crippen LogP) is 4.67. The Morgan fingerprint density at radius 2 is 1.70 bits per heavy atom. The molecule has 3 heterocycles. The lowest BCUT2D eigenvalue weighted by Gasteiger charge is -2.37. The minimum absolute atomic E-state index is 0.218. The average Bonchev–Trinajstić information content (AvgIpc) is 3.44. The molecule has 4 aromatic rings. The first-order valence-electron chi connectivity index (χ1n) is 11.1. The summed E-state index contributed by atoms with van der Waals surface area (Å²) in [6.07, 6.45) is 0. The third-order valence-electron chi connectivity index (χ3n) is 6.28. The summed E-state index contributed by atoms with van der Waals surface area (Å²) in [6.45, 7) is 4.96. The van der Waals surface area contributed by atoms with Crippen molar-refractivity contribution in [3.8, 4) is 11.4 Å². The van der Waals surface area contributed by atoms with Crippen LogP contribution in [0.25, 0.3) is 22.4 Å². The van der Waals surface area contributed by atoms with Crippen molar-refractivity contribution in [1.82, 2.24) is 29.5 Å². The van der Waals surface area contributed by atoms with Gasteiger partial charge in [-0.15, -0.1) is 0 Å². The number of hydrogen-bond donors (Lipinski definition) is 0. The van der Waals surface area contributed by atoms with Crippen molar-refractivity contribution >= 4 is 11.0 Å². The maximum absolute atomic E-state index is 13.8. The fraction of sp³-hybridized carbons (Fsp3) is 0.375. The molecule has 1 aliphatic rings. The monoisotopic (exact) mass is 452 g/mol. The Morgan fingerprint density at radius 1 is 0.970 bits per heavy atom. The highest BCUT2D eigenvalue weighted by molar-refractivity contribution is 5.76. The maximum atomic E-state index is 13.8. The van der Waals surface area contributed by atoms with Gasteiger partial charge in [0, 0.05) is 31.7 Å². The fourth-order valence-corrected chi connectivity index (χ4v) is 4.37. The number of imidazole rings is 1. The summed E-state index contributed by atoms with van der Waals surface area (Å²) < 4.78 is 34.2. The first-order valence-corrected chi connectivity index (χ1v) is 11.1. The fourth-order valence-electron chi connectivity index (χ4n) is 4.37. The molecule has 1 saturated heterocycles. The van der Waals surface area contributed by atoms with Gasteiger partial charge in [-0.1, -0.05) is 47.1 Å². The first kappa shape index (κ1) is 21.7. The van der Waals surface area contributed by atoms with Gasteiger partial charge in [-0.25, -0.2) is 4.98 Å². The van der Waals surface area contributed by atoms with Crippen molar-refractivity contribution < 1.29 is 13.3 Å². The van der Waals surface area contributed by atoms with Crippen LogP contribution in [0.2, 0.25) is 0 Å². The van der Waals surface area contributed by atoms with Gasteiger partial charge in [-0.05, 0) is 26.0 Å². The molecule has 0 saturated carbocycles. The summed E-state index contributed by atoms with van der Waals surface area (Å²) >= 11 is 0. The third kappa shape index (κ3) is 4.38. The molecule has 7 nitrogen and oxygen atoms in total. The summed E-state index contributed by atoms with van der Waals surface area (Å²) in [5.74, 6) is 1.56. The molecule has 0 radical (unpaired) electrons. The Labute approximate surface area is 190 Å². The Morgan fingerprint density at radius 3 is 2.42 bits per heavy atom. The van der Waals surface area contributed by atoms with Gasteiger partial charge < -0.3 is 4.52 Å². The summed E-state index contributed by atoms with van der Waals surface area (Å²) in [5.41, 5.74) is 3.17. The highest BCUT2D eigenvalue weighted by atomic mass is 19.3. The number of aryl methyl sites for hydroxylation is 1. The Bertz CT molecular complexity index is 1230. The van der Waals surface area contributed by atoms with Crippen molar-refractivity contribution in [1.29, 1.82) is 0 Å². The van der Waals surface area contributed by atoms with Crippen molar-refractivity contribution in [2.24, 2.45) is 0 Å². The van der Waals surface area contributed by atoms with Gasteiger partial charge in [0.25, 0.3) is 0 Å². The van der Waals surface area contributed by atoms with Crippen LogP contribution in [-0.4, -0.2) is 55.7 Å². The second kappa shape index (κ2) is 8.99. The molecule has 1 unspecified atom stereocenters. The molecule has 172 valence electrons. The van der Waals surface area contributed by atoms with Crippen molar-refractivity contribution in [3.05, 3.63) is 65.8 Å². The van der Waals surface area contributed by atoms with Gasteiger partial charge in [0.15, 0.2) is 0 Å². The minimum atomic E-state index is -2.63. The number of halogens is 2. The van der Waals surface area contributed by atoms with E-state index in [0.29, 0.717) is 35.1 Å². The van der Waals surface area contributed by atoms with Crippen LogP contribution in [0, 0.1) is 6.92 Å². The van der Waals surface area contributed by atoms with Gasteiger partial charge in [-0.2, -0.15) is 13.8 Å². The first-order chi connectivity index (χ1) is 16.0. The van der Waals surface area contributed by atoms with Gasteiger partial charge in [0.05, 0.1) is 23.6 Å². The molecule has 0 aliphatic carbocycles. The van der Waals surface area contributed by atoms with E-state index in [-0.39, 0.29) is 6.04 Å². The average molecular weight is 453 g/mol. The number of hydrogen-bond acceptors (Lipinski definition) is 6. The van der Waals surface area contributed by atoms with Crippen LogP contribution < -0.4 is 0 Å². The smallest absolute Gasteiger partial charge is 0.320 e. The number of fused-ring (bicyclic) bond motifs is 1. The standard InChI is InChI=1S/C24H26F2N6O/c1-16-7-9-18(10-8-16)22-28-21(33-29-22)15-30-11-13-31(14-12-30)17(2)23-27-19-5-3-4-6-20(19)32(23)24(25)26/h3-10,17,24H,11-15H2,1-2H3. The lowest BCUT2D eigenvalue weighted by Crippen LogP contribution is -2.47. The van der Waals surface area contributed by atoms with E-state index in [1.807, 2.05) is 44.2 Å². The lowest BCUT2D eigenvalue weighted by atomic mass is 10.1. The highest BCUT2D eigenvalue weighted by Crippen LogP contribution is 2.30. The molecule has 0 amide bonds. The molecular formula is C24H26F2N6O. The highest BCUT2D eigenvalue weighted by Gasteiger charge is 2.28. The zero-order valence-electron chi connectivity index (χ0n) is 18.7. The van der Waals surface area contributed by atoms with Crippen LogP contribution >= 0.6 is 0 Å². The van der Waals surface area contributed by atoms with Gasteiger partial charge in [0.1, 0.15) is 5.82 Å². The van der Waals surface area contributed by atoms with Crippen LogP contribution in [0.15, 0.2) is 53.1 Å². The summed E-state index contributed by atoms with van der Waals surface area (Å²) in [4.78, 5) is 13.5. The normalized spacial score (nSPS) is 16.6. The third-order valence-corrected chi connectivity index (χ3v) is 6.28. The van der Waals surface area contributed by atoms with Crippen LogP contribution in [-0.2, 0) is 6.54 Å². The predicted molar refractivity (Wildman–Crippen MR) is 121 cm³/mol. The number of para-hydroxylation sites is 2. The van der Waals surface area contributed by atoms with Crippen LogP contribution in [0.5, 0.6) is 0 Å². The summed E-state index contributed by atoms with van der Waals surface area (Å²) in [7, 11) is 0. The number of piperazine rings is 1. The molecule has 2 aromatic carbocycles. The number of nitrogens with zero attached hydrogens (tertiary/aromatic N) is 6. The molecule has 0 bridgehead atoms. The van der Waals surface area contributed by atoms with Gasteiger partial charge in [0.2, 0.25) is 11.7 Å². The van der Waals surface area contributed by atoms with E-state index in [2.05, 4.69) is 24.9 Å². The topological polar surface area (TPSA) is 63.2 Å². The summed E-state index contributed by atoms with van der Waals surface area (Å²) in [5, 5.41) is 4.11. The Kier molecular flexibility index (Phi) is 5.90. The van der Waals surface area contributed by atoms with Crippen molar-refractivity contribution in [2.45, 2.75) is 33.0 Å². The molecule has 9 heteroatoms. The summed E-state index contributed by atoms with van der Waals surface area (Å²) in [6, 6.07) is 14.8. The van der Waals surface area contributed by atoms with Crippen molar-refractivity contribution in [3.63, 3.8) is 0 Å². The molecule has 0 spiro atoms. The molecule has 1 atom stereocenters. The van der Waals surface area contributed by atoms with E-state index in [1.54, 1.807) is 18.2 Å². The molecule has 0 N–H and O–H groups in total. The Balaban J connectivity index is 1.23. The van der Waals surface area contributed by atoms with Crippen LogP contribution in [0.3, 0.4) is 0 Å². The molecule has 1 aliphatic heterocycles. The van der Waals surface area contributed by atoms with E-state index in [1.165, 1.54) is 5.56 Å².